The van der Waals surface area contributed by atoms with Crippen molar-refractivity contribution in [2.75, 3.05) is 13.2 Å². The number of allylic oxidation sites excluding steroid dienone is 4. The molecule has 0 saturated heterocycles. The number of hydrogen-bond acceptors (Lipinski definition) is 6. The van der Waals surface area contributed by atoms with E-state index in [2.05, 4.69) is 45.1 Å². The average Bonchev–Trinajstić information content (AvgIpc) is 3.12. The molecule has 0 N–H and O–H groups in total. The van der Waals surface area contributed by atoms with E-state index in [9.17, 15) is 14.4 Å². The Hall–Kier alpha value is -2.11. The van der Waals surface area contributed by atoms with Gasteiger partial charge in [-0.1, -0.05) is 161 Å². The van der Waals surface area contributed by atoms with Crippen LogP contribution in [-0.4, -0.2) is 37.2 Å². The number of rotatable bonds is 39. The van der Waals surface area contributed by atoms with Crippen LogP contribution in [0.3, 0.4) is 0 Å². The molecule has 0 aromatic carbocycles. The van der Waals surface area contributed by atoms with Gasteiger partial charge in [-0.3, -0.25) is 14.4 Å². The Balaban J connectivity index is 4.24. The molecule has 0 heterocycles. The van der Waals surface area contributed by atoms with Crippen LogP contribution in [0.15, 0.2) is 24.3 Å². The van der Waals surface area contributed by atoms with Gasteiger partial charge in [0, 0.05) is 19.3 Å². The lowest BCUT2D eigenvalue weighted by atomic mass is 10.1. The molecular weight excluding hydrogens is 636 g/mol. The first-order valence-electron chi connectivity index (χ1n) is 21.8. The second kappa shape index (κ2) is 40.7. The van der Waals surface area contributed by atoms with Crippen molar-refractivity contribution in [3.8, 4) is 0 Å². The predicted octanol–water partition coefficient (Wildman–Crippen LogP) is 13.6. The molecule has 6 nitrogen and oxygen atoms in total. The molecule has 298 valence electrons. The maximum absolute atomic E-state index is 12.6. The summed E-state index contributed by atoms with van der Waals surface area (Å²) >= 11 is 0. The van der Waals surface area contributed by atoms with Gasteiger partial charge in [0.1, 0.15) is 13.2 Å². The van der Waals surface area contributed by atoms with E-state index in [4.69, 9.17) is 14.2 Å². The molecule has 51 heavy (non-hydrogen) atoms. The SMILES string of the molecule is CCCCC/C=C\CCCCCCCC(=O)OC(COC(=O)CCCCCCC)COC(=O)CCCCCCC/C=C\CCCCCCCCC. The molecular formula is C45H82O6. The third kappa shape index (κ3) is 38.9. The van der Waals surface area contributed by atoms with Crippen molar-refractivity contribution in [2.24, 2.45) is 0 Å². The molecule has 0 saturated carbocycles. The molecule has 0 fully saturated rings. The van der Waals surface area contributed by atoms with Gasteiger partial charge in [0.05, 0.1) is 0 Å². The number of hydrogen-bond donors (Lipinski definition) is 0. The molecule has 0 aromatic rings. The zero-order valence-corrected chi connectivity index (χ0v) is 33.9. The van der Waals surface area contributed by atoms with Crippen LogP contribution in [0, 0.1) is 0 Å². The van der Waals surface area contributed by atoms with E-state index in [1.807, 2.05) is 0 Å². The summed E-state index contributed by atoms with van der Waals surface area (Å²) in [4.78, 5) is 37.4. The quantitative estimate of drug-likeness (QED) is 0.0272. The van der Waals surface area contributed by atoms with Crippen molar-refractivity contribution >= 4 is 17.9 Å². The summed E-state index contributed by atoms with van der Waals surface area (Å²) in [6.45, 7) is 6.51. The minimum absolute atomic E-state index is 0.0771. The lowest BCUT2D eigenvalue weighted by Crippen LogP contribution is -2.30. The third-order valence-corrected chi connectivity index (χ3v) is 9.43. The molecule has 0 aliphatic heterocycles. The molecule has 6 heteroatoms. The van der Waals surface area contributed by atoms with Crippen LogP contribution in [0.25, 0.3) is 0 Å². The lowest BCUT2D eigenvalue weighted by Gasteiger charge is -2.18. The summed E-state index contributed by atoms with van der Waals surface area (Å²) in [5.41, 5.74) is 0. The van der Waals surface area contributed by atoms with Crippen LogP contribution in [0.4, 0.5) is 0 Å². The second-order valence-electron chi connectivity index (χ2n) is 14.6. The summed E-state index contributed by atoms with van der Waals surface area (Å²) in [5.74, 6) is -0.907. The molecule has 0 spiro atoms. The fourth-order valence-corrected chi connectivity index (χ4v) is 6.08. The topological polar surface area (TPSA) is 78.9 Å². The van der Waals surface area contributed by atoms with E-state index in [1.54, 1.807) is 0 Å². The van der Waals surface area contributed by atoms with E-state index in [-0.39, 0.29) is 31.1 Å². The van der Waals surface area contributed by atoms with Gasteiger partial charge in [-0.2, -0.15) is 0 Å². The zero-order chi connectivity index (χ0) is 37.3. The first kappa shape index (κ1) is 48.9. The molecule has 1 atom stereocenters. The van der Waals surface area contributed by atoms with Crippen molar-refractivity contribution in [3.05, 3.63) is 24.3 Å². The summed E-state index contributed by atoms with van der Waals surface area (Å²) in [7, 11) is 0. The highest BCUT2D eigenvalue weighted by Gasteiger charge is 2.19. The Kier molecular flexibility index (Phi) is 39.0. The normalized spacial score (nSPS) is 12.1. The minimum Gasteiger partial charge on any atom is -0.462 e. The van der Waals surface area contributed by atoms with Crippen molar-refractivity contribution in [1.29, 1.82) is 0 Å². The molecule has 0 aromatic heterocycles. The molecule has 0 aliphatic carbocycles. The van der Waals surface area contributed by atoms with Gasteiger partial charge in [-0.15, -0.1) is 0 Å². The molecule has 0 radical (unpaired) electrons. The van der Waals surface area contributed by atoms with Gasteiger partial charge in [-0.05, 0) is 70.6 Å². The highest BCUT2D eigenvalue weighted by Crippen LogP contribution is 2.13. The Morgan fingerprint density at radius 3 is 1.02 bits per heavy atom. The smallest absolute Gasteiger partial charge is 0.306 e. The van der Waals surface area contributed by atoms with Gasteiger partial charge >= 0.3 is 17.9 Å². The number of carbonyl (C=O) groups is 3. The van der Waals surface area contributed by atoms with E-state index < -0.39 is 6.10 Å². The molecule has 0 amide bonds. The number of ether oxygens (including phenoxy) is 3. The maximum Gasteiger partial charge on any atom is 0.306 e. The van der Waals surface area contributed by atoms with Crippen LogP contribution < -0.4 is 0 Å². The molecule has 0 rings (SSSR count). The first-order valence-corrected chi connectivity index (χ1v) is 21.8. The largest absolute Gasteiger partial charge is 0.462 e. The van der Waals surface area contributed by atoms with Gasteiger partial charge in [0.15, 0.2) is 6.10 Å². The van der Waals surface area contributed by atoms with Crippen LogP contribution in [0.1, 0.15) is 226 Å². The molecule has 1 unspecified atom stereocenters. The lowest BCUT2D eigenvalue weighted by molar-refractivity contribution is -0.167. The van der Waals surface area contributed by atoms with E-state index in [1.165, 1.54) is 103 Å². The highest BCUT2D eigenvalue weighted by atomic mass is 16.6. The fourth-order valence-electron chi connectivity index (χ4n) is 6.08. The van der Waals surface area contributed by atoms with Gasteiger partial charge in [-0.25, -0.2) is 0 Å². The second-order valence-corrected chi connectivity index (χ2v) is 14.6. The Labute approximate surface area is 315 Å². The molecule has 0 bridgehead atoms. The van der Waals surface area contributed by atoms with Crippen molar-refractivity contribution in [1.82, 2.24) is 0 Å². The van der Waals surface area contributed by atoms with Crippen molar-refractivity contribution in [2.45, 2.75) is 232 Å². The van der Waals surface area contributed by atoms with Crippen molar-refractivity contribution in [3.63, 3.8) is 0 Å². The third-order valence-electron chi connectivity index (χ3n) is 9.43. The van der Waals surface area contributed by atoms with Crippen LogP contribution >= 0.6 is 0 Å². The van der Waals surface area contributed by atoms with Crippen LogP contribution in [0.2, 0.25) is 0 Å². The average molecular weight is 719 g/mol. The van der Waals surface area contributed by atoms with Crippen LogP contribution in [0.5, 0.6) is 0 Å². The fraction of sp³-hybridized carbons (Fsp3) is 0.844. The van der Waals surface area contributed by atoms with Gasteiger partial charge < -0.3 is 14.2 Å². The first-order chi connectivity index (χ1) is 25.0. The van der Waals surface area contributed by atoms with E-state index in [0.717, 1.165) is 83.5 Å². The Bertz CT molecular complexity index is 835. The summed E-state index contributed by atoms with van der Waals surface area (Å²) in [6.07, 6.45) is 43.3. The monoisotopic (exact) mass is 719 g/mol. The Morgan fingerprint density at radius 1 is 0.373 bits per heavy atom. The summed E-state index contributed by atoms with van der Waals surface area (Å²) in [6, 6.07) is 0. The van der Waals surface area contributed by atoms with Crippen molar-refractivity contribution < 1.29 is 28.6 Å². The predicted molar refractivity (Wildman–Crippen MR) is 215 cm³/mol. The molecule has 0 aliphatic rings. The van der Waals surface area contributed by atoms with Crippen LogP contribution in [-0.2, 0) is 28.6 Å². The van der Waals surface area contributed by atoms with E-state index >= 15 is 0 Å². The zero-order valence-electron chi connectivity index (χ0n) is 33.9. The number of esters is 3. The standard InChI is InChI=1S/C45H82O6/c1-4-7-10-13-15-17-19-21-22-23-24-26-27-29-32-35-38-44(47)50-41-42(40-49-43(46)37-34-31-12-9-6-3)51-45(48)39-36-33-30-28-25-20-18-16-14-11-8-5-2/h16,18,22-23,42H,4-15,17,19-21,24-41H2,1-3H3/b18-16-,23-22-. The minimum atomic E-state index is -0.770. The summed E-state index contributed by atoms with van der Waals surface area (Å²) in [5, 5.41) is 0. The Morgan fingerprint density at radius 2 is 0.647 bits per heavy atom. The highest BCUT2D eigenvalue weighted by molar-refractivity contribution is 5.71. The van der Waals surface area contributed by atoms with Gasteiger partial charge in [0.2, 0.25) is 0 Å². The summed E-state index contributed by atoms with van der Waals surface area (Å²) < 4.78 is 16.6. The van der Waals surface area contributed by atoms with Gasteiger partial charge in [0.25, 0.3) is 0 Å². The number of unbranched alkanes of at least 4 members (excludes halogenated alkanes) is 24. The maximum atomic E-state index is 12.6. The number of carbonyl (C=O) groups excluding carboxylic acids is 3. The van der Waals surface area contributed by atoms with E-state index in [0.29, 0.717) is 19.3 Å².